The average molecular weight is 261 g/mol. The van der Waals surface area contributed by atoms with Crippen LogP contribution in [0.4, 0.5) is 0 Å². The Kier molecular flexibility index (Phi) is 4.23. The predicted octanol–water partition coefficient (Wildman–Crippen LogP) is 3.02. The Balaban J connectivity index is 0.000000637. The summed E-state index contributed by atoms with van der Waals surface area (Å²) < 4.78 is 1.50. The molecule has 3 aliphatic rings. The summed E-state index contributed by atoms with van der Waals surface area (Å²) in [7, 11) is 0. The van der Waals surface area contributed by atoms with Crippen LogP contribution in [-0.4, -0.2) is 10.4 Å². The highest BCUT2D eigenvalue weighted by Crippen LogP contribution is 2.60. The van der Waals surface area contributed by atoms with Gasteiger partial charge in [0.2, 0.25) is 0 Å². The summed E-state index contributed by atoms with van der Waals surface area (Å²) in [5.74, 6) is 1.10. The van der Waals surface area contributed by atoms with Crippen LogP contribution in [0, 0.1) is 11.3 Å². The van der Waals surface area contributed by atoms with E-state index in [1.807, 2.05) is 13.8 Å². The fraction of sp³-hybridized carbons (Fsp3) is 0.625. The summed E-state index contributed by atoms with van der Waals surface area (Å²) >= 11 is 0. The first-order valence-corrected chi connectivity index (χ1v) is 7.34. The van der Waals surface area contributed by atoms with Gasteiger partial charge in [-0.15, -0.1) is 0 Å². The highest BCUT2D eigenvalue weighted by molar-refractivity contribution is 5.79. The molecule has 3 heteroatoms. The molecule has 2 bridgehead atoms. The van der Waals surface area contributed by atoms with Gasteiger partial charge in [-0.25, -0.2) is 0 Å². The molecule has 0 aromatic carbocycles. The lowest BCUT2D eigenvalue weighted by Gasteiger charge is -2.38. The maximum atomic E-state index is 12.0. The van der Waals surface area contributed by atoms with Crippen LogP contribution in [0.25, 0.3) is 0 Å². The van der Waals surface area contributed by atoms with Gasteiger partial charge in [0.25, 0.3) is 5.56 Å². The number of carbonyl (C=O) groups is 1. The summed E-state index contributed by atoms with van der Waals surface area (Å²) in [6.45, 7) is 4.24. The first kappa shape index (κ1) is 14.0. The smallest absolute Gasteiger partial charge is 0.250 e. The van der Waals surface area contributed by atoms with Crippen LogP contribution >= 0.6 is 0 Å². The van der Waals surface area contributed by atoms with Gasteiger partial charge in [0.15, 0.2) is 5.78 Å². The maximum absolute atomic E-state index is 12.0. The first-order valence-electron chi connectivity index (χ1n) is 7.34. The van der Waals surface area contributed by atoms with Crippen LogP contribution < -0.4 is 5.56 Å². The van der Waals surface area contributed by atoms with Gasteiger partial charge in [-0.3, -0.25) is 9.59 Å². The molecule has 0 saturated heterocycles. The third-order valence-electron chi connectivity index (χ3n) is 4.34. The monoisotopic (exact) mass is 261 g/mol. The second-order valence-corrected chi connectivity index (χ2v) is 5.70. The van der Waals surface area contributed by atoms with Crippen molar-refractivity contribution in [2.24, 2.45) is 11.3 Å². The molecule has 0 aliphatic heterocycles. The van der Waals surface area contributed by atoms with Gasteiger partial charge < -0.3 is 4.57 Å². The number of aromatic nitrogens is 1. The van der Waals surface area contributed by atoms with Gasteiger partial charge in [0, 0.05) is 18.7 Å². The normalized spacial score (nSPS) is 27.2. The number of hydrogen-bond donors (Lipinski definition) is 0. The molecule has 104 valence electrons. The minimum absolute atomic E-state index is 0.0868. The lowest BCUT2D eigenvalue weighted by molar-refractivity contribution is -0.123. The zero-order valence-corrected chi connectivity index (χ0v) is 11.9. The quantitative estimate of drug-likeness (QED) is 0.835. The summed E-state index contributed by atoms with van der Waals surface area (Å²) in [5, 5.41) is 0. The number of carbonyl (C=O) groups excluding carboxylic acids is 1. The fourth-order valence-electron chi connectivity index (χ4n) is 3.57. The molecule has 0 N–H and O–H groups in total. The van der Waals surface area contributed by atoms with E-state index in [-0.39, 0.29) is 17.9 Å². The number of fused-ring (bicyclic) bond motifs is 1. The van der Waals surface area contributed by atoms with E-state index in [0.29, 0.717) is 11.8 Å². The van der Waals surface area contributed by atoms with E-state index in [1.165, 1.54) is 36.3 Å². The number of Topliss-reactive ketones (excluding diaryl/α,β-unsaturated/α-hetero) is 1. The van der Waals surface area contributed by atoms with Gasteiger partial charge in [-0.2, -0.15) is 0 Å². The van der Waals surface area contributed by atoms with Crippen molar-refractivity contribution in [2.75, 3.05) is 0 Å². The molecular formula is C16H23NO2. The van der Waals surface area contributed by atoms with Crippen LogP contribution in [0.3, 0.4) is 0 Å². The van der Waals surface area contributed by atoms with Crippen molar-refractivity contribution >= 4 is 5.78 Å². The Morgan fingerprint density at radius 2 is 2.11 bits per heavy atom. The molecule has 19 heavy (non-hydrogen) atoms. The molecule has 0 unspecified atom stereocenters. The van der Waals surface area contributed by atoms with Gasteiger partial charge in [0.05, 0.1) is 6.54 Å². The molecular weight excluding hydrogens is 238 g/mol. The number of ketones is 1. The van der Waals surface area contributed by atoms with Crippen molar-refractivity contribution in [1.82, 2.24) is 4.57 Å². The summed E-state index contributed by atoms with van der Waals surface area (Å²) in [6.07, 6.45) is 7.36. The van der Waals surface area contributed by atoms with Crippen LogP contribution in [0.2, 0.25) is 0 Å². The van der Waals surface area contributed by atoms with E-state index in [4.69, 9.17) is 0 Å². The largest absolute Gasteiger partial charge is 0.308 e. The molecule has 0 spiro atoms. The molecule has 0 amide bonds. The molecule has 0 atom stereocenters. The van der Waals surface area contributed by atoms with Crippen molar-refractivity contribution in [3.8, 4) is 0 Å². The second kappa shape index (κ2) is 5.72. The third-order valence-corrected chi connectivity index (χ3v) is 4.34. The van der Waals surface area contributed by atoms with Gasteiger partial charge in [0.1, 0.15) is 0 Å². The van der Waals surface area contributed by atoms with E-state index >= 15 is 0 Å². The number of rotatable bonds is 4. The minimum Gasteiger partial charge on any atom is -0.308 e. The Morgan fingerprint density at radius 1 is 1.37 bits per heavy atom. The summed E-state index contributed by atoms with van der Waals surface area (Å²) in [4.78, 5) is 23.5. The number of nitrogens with zero attached hydrogens (tertiary/aromatic N) is 1. The molecule has 3 nitrogen and oxygen atoms in total. The van der Waals surface area contributed by atoms with Crippen LogP contribution in [0.15, 0.2) is 29.2 Å². The maximum Gasteiger partial charge on any atom is 0.250 e. The Hall–Kier alpha value is -1.38. The topological polar surface area (TPSA) is 39.1 Å². The molecule has 3 fully saturated rings. The Bertz CT molecular complexity index is 492. The van der Waals surface area contributed by atoms with Gasteiger partial charge in [-0.05, 0) is 43.1 Å². The van der Waals surface area contributed by atoms with Crippen molar-refractivity contribution < 1.29 is 4.79 Å². The van der Waals surface area contributed by atoms with Crippen molar-refractivity contribution in [3.05, 3.63) is 34.7 Å². The lowest BCUT2D eigenvalue weighted by Crippen LogP contribution is -2.32. The zero-order chi connectivity index (χ0) is 13.9. The fourth-order valence-corrected chi connectivity index (χ4v) is 3.57. The standard InChI is InChI=1S/C14H17NO2.C2H6/c16-12(9-14-5-4-11(7-14)8-14)10-15-6-2-1-3-13(15)17;1-2/h1-3,6,11H,4-5,7-10H2;1-2H3. The molecule has 1 aromatic rings. The van der Waals surface area contributed by atoms with E-state index < -0.39 is 0 Å². The summed E-state index contributed by atoms with van der Waals surface area (Å²) in [6, 6.07) is 5.00. The highest BCUT2D eigenvalue weighted by Gasteiger charge is 2.50. The second-order valence-electron chi connectivity index (χ2n) is 5.70. The minimum atomic E-state index is -0.0868. The Labute approximate surface area is 114 Å². The van der Waals surface area contributed by atoms with E-state index in [1.54, 1.807) is 18.3 Å². The lowest BCUT2D eigenvalue weighted by atomic mass is 9.67. The van der Waals surface area contributed by atoms with E-state index in [0.717, 1.165) is 5.92 Å². The third kappa shape index (κ3) is 2.96. The molecule has 1 heterocycles. The van der Waals surface area contributed by atoms with E-state index in [2.05, 4.69) is 0 Å². The molecule has 0 radical (unpaired) electrons. The number of hydrogen-bond acceptors (Lipinski definition) is 2. The zero-order valence-electron chi connectivity index (χ0n) is 11.9. The number of pyridine rings is 1. The molecule has 3 aliphatic carbocycles. The summed E-state index contributed by atoms with van der Waals surface area (Å²) in [5.41, 5.74) is 0.233. The van der Waals surface area contributed by atoms with Gasteiger partial charge >= 0.3 is 0 Å². The van der Waals surface area contributed by atoms with Gasteiger partial charge in [-0.1, -0.05) is 19.9 Å². The molecule has 3 saturated carbocycles. The predicted molar refractivity (Wildman–Crippen MR) is 76.1 cm³/mol. The van der Waals surface area contributed by atoms with Crippen molar-refractivity contribution in [2.45, 2.75) is 52.5 Å². The SMILES string of the molecule is CC.O=C(Cn1ccccc1=O)CC12CCC(C1)C2. The average Bonchev–Trinajstić information content (AvgIpc) is 2.94. The van der Waals surface area contributed by atoms with Crippen LogP contribution in [0.5, 0.6) is 0 Å². The Morgan fingerprint density at radius 3 is 2.68 bits per heavy atom. The van der Waals surface area contributed by atoms with Crippen molar-refractivity contribution in [1.29, 1.82) is 0 Å². The van der Waals surface area contributed by atoms with Crippen LogP contribution in [-0.2, 0) is 11.3 Å². The van der Waals surface area contributed by atoms with E-state index in [9.17, 15) is 9.59 Å². The first-order chi connectivity index (χ1) is 9.17. The van der Waals surface area contributed by atoms with Crippen LogP contribution in [0.1, 0.15) is 46.0 Å². The molecule has 4 rings (SSSR count). The van der Waals surface area contributed by atoms with Crippen molar-refractivity contribution in [3.63, 3.8) is 0 Å². The molecule has 1 aromatic heterocycles. The highest BCUT2D eigenvalue weighted by atomic mass is 16.1.